The number of para-hydroxylation sites is 2. The van der Waals surface area contributed by atoms with Crippen molar-refractivity contribution >= 4 is 17.4 Å². The van der Waals surface area contributed by atoms with E-state index in [-0.39, 0.29) is 23.7 Å². The number of benzene rings is 2. The first-order chi connectivity index (χ1) is 15.9. The van der Waals surface area contributed by atoms with Crippen LogP contribution in [0, 0.1) is 0 Å². The van der Waals surface area contributed by atoms with Crippen molar-refractivity contribution in [3.8, 4) is 5.75 Å². The lowest BCUT2D eigenvalue weighted by Crippen LogP contribution is -2.38. The smallest absolute Gasteiger partial charge is 0.410 e. The molecule has 0 fully saturated rings. The number of hydrogen-bond acceptors (Lipinski definition) is 4. The average Bonchev–Trinajstić information content (AvgIpc) is 3.26. The number of aromatic nitrogens is 2. The van der Waals surface area contributed by atoms with Gasteiger partial charge in [0.1, 0.15) is 17.1 Å². The fourth-order valence-electron chi connectivity index (χ4n) is 4.77. The summed E-state index contributed by atoms with van der Waals surface area (Å²) >= 11 is 0. The quantitative estimate of drug-likeness (QED) is 0.593. The SMILES string of the molecule is COc1ccccc1[C@@H]1C[C@H](C(F)(F)F)n2ncc(C(=O)N3CCCc4ccccc43)c2N1. The van der Waals surface area contributed by atoms with Crippen molar-refractivity contribution in [1.29, 1.82) is 0 Å². The maximum Gasteiger partial charge on any atom is 0.410 e. The summed E-state index contributed by atoms with van der Waals surface area (Å²) in [6.45, 7) is 0.499. The highest BCUT2D eigenvalue weighted by Crippen LogP contribution is 2.46. The van der Waals surface area contributed by atoms with Crippen LogP contribution >= 0.6 is 0 Å². The second-order valence-electron chi connectivity index (χ2n) is 8.27. The van der Waals surface area contributed by atoms with Crippen molar-refractivity contribution in [3.63, 3.8) is 0 Å². The van der Waals surface area contributed by atoms with Gasteiger partial charge in [-0.05, 0) is 30.5 Å². The van der Waals surface area contributed by atoms with Crippen LogP contribution < -0.4 is 15.0 Å². The molecule has 1 aromatic heterocycles. The molecule has 0 unspecified atom stereocenters. The van der Waals surface area contributed by atoms with Crippen molar-refractivity contribution in [1.82, 2.24) is 9.78 Å². The van der Waals surface area contributed by atoms with Crippen molar-refractivity contribution in [2.45, 2.75) is 37.5 Å². The third-order valence-corrected chi connectivity index (χ3v) is 6.34. The molecular weight excluding hydrogens is 433 g/mol. The lowest BCUT2D eigenvalue weighted by molar-refractivity contribution is -0.173. The van der Waals surface area contributed by atoms with E-state index in [1.807, 2.05) is 24.3 Å². The second-order valence-corrected chi connectivity index (χ2v) is 8.27. The summed E-state index contributed by atoms with van der Waals surface area (Å²) in [5.41, 5.74) is 2.56. The van der Waals surface area contributed by atoms with Crippen molar-refractivity contribution in [2.24, 2.45) is 0 Å². The van der Waals surface area contributed by atoms with Gasteiger partial charge < -0.3 is 15.0 Å². The summed E-state index contributed by atoms with van der Waals surface area (Å²) in [4.78, 5) is 15.2. The van der Waals surface area contributed by atoms with E-state index in [2.05, 4.69) is 10.4 Å². The van der Waals surface area contributed by atoms with Crippen molar-refractivity contribution in [2.75, 3.05) is 23.9 Å². The zero-order chi connectivity index (χ0) is 23.2. The number of amides is 1. The zero-order valence-electron chi connectivity index (χ0n) is 18.0. The van der Waals surface area contributed by atoms with Gasteiger partial charge in [0.25, 0.3) is 5.91 Å². The van der Waals surface area contributed by atoms with E-state index < -0.39 is 18.3 Å². The Kier molecular flexibility index (Phi) is 5.26. The number of carbonyl (C=O) groups excluding carboxylic acids is 1. The van der Waals surface area contributed by atoms with Crippen LogP contribution in [0.15, 0.2) is 54.7 Å². The molecule has 0 bridgehead atoms. The minimum Gasteiger partial charge on any atom is -0.496 e. The Bertz CT molecular complexity index is 1190. The summed E-state index contributed by atoms with van der Waals surface area (Å²) < 4.78 is 48.4. The van der Waals surface area contributed by atoms with Gasteiger partial charge in [-0.15, -0.1) is 0 Å². The maximum absolute atomic E-state index is 14.0. The van der Waals surface area contributed by atoms with Gasteiger partial charge in [0.05, 0.1) is 19.3 Å². The van der Waals surface area contributed by atoms with Crippen LogP contribution in [0.1, 0.15) is 46.4 Å². The van der Waals surface area contributed by atoms with Gasteiger partial charge in [0.2, 0.25) is 0 Å². The molecule has 3 aromatic rings. The number of alkyl halides is 3. The van der Waals surface area contributed by atoms with Gasteiger partial charge >= 0.3 is 6.18 Å². The largest absolute Gasteiger partial charge is 0.496 e. The molecule has 2 aromatic carbocycles. The standard InChI is InChI=1S/C24H23F3N4O2/c1-33-20-11-5-3-9-16(20)18-13-21(24(25,26)27)31-22(29-18)17(14-28-31)23(32)30-12-6-8-15-7-2-4-10-19(15)30/h2-5,7,9-11,14,18,21,29H,6,8,12-13H2,1H3/t18-,21+/m0/s1. The number of fused-ring (bicyclic) bond motifs is 2. The molecule has 2 aliphatic rings. The Labute approximate surface area is 189 Å². The lowest BCUT2D eigenvalue weighted by atomic mass is 9.95. The molecule has 3 heterocycles. The normalized spacial score (nSPS) is 19.9. The summed E-state index contributed by atoms with van der Waals surface area (Å²) in [5.74, 6) is 0.201. The fourth-order valence-corrected chi connectivity index (χ4v) is 4.77. The van der Waals surface area contributed by atoms with Gasteiger partial charge in [-0.3, -0.25) is 4.79 Å². The number of hydrogen-bond donors (Lipinski definition) is 1. The molecule has 172 valence electrons. The van der Waals surface area contributed by atoms with Crippen LogP contribution in [0.2, 0.25) is 0 Å². The van der Waals surface area contributed by atoms with Crippen LogP contribution in [-0.4, -0.2) is 35.5 Å². The Hall–Kier alpha value is -3.49. The number of anilines is 2. The molecule has 0 spiro atoms. The second kappa shape index (κ2) is 8.13. The lowest BCUT2D eigenvalue weighted by Gasteiger charge is -2.35. The highest BCUT2D eigenvalue weighted by molar-refractivity contribution is 6.09. The molecule has 0 saturated carbocycles. The van der Waals surface area contributed by atoms with Crippen LogP contribution in [0.5, 0.6) is 5.75 Å². The molecule has 9 heteroatoms. The Balaban J connectivity index is 1.56. The first kappa shape index (κ1) is 21.4. The van der Waals surface area contributed by atoms with E-state index in [1.165, 1.54) is 13.3 Å². The Morgan fingerprint density at radius 1 is 1.15 bits per heavy atom. The number of aryl methyl sites for hydroxylation is 1. The summed E-state index contributed by atoms with van der Waals surface area (Å²) in [5, 5.41) is 7.16. The van der Waals surface area contributed by atoms with E-state index in [4.69, 9.17) is 4.74 Å². The molecular formula is C24H23F3N4O2. The minimum absolute atomic E-state index is 0.0764. The number of methoxy groups -OCH3 is 1. The highest BCUT2D eigenvalue weighted by Gasteiger charge is 2.48. The summed E-state index contributed by atoms with van der Waals surface area (Å²) in [6, 6.07) is 12.0. The first-order valence-electron chi connectivity index (χ1n) is 10.8. The molecule has 2 aliphatic heterocycles. The van der Waals surface area contributed by atoms with Crippen molar-refractivity contribution in [3.05, 3.63) is 71.4 Å². The van der Waals surface area contributed by atoms with E-state index in [1.54, 1.807) is 29.2 Å². The summed E-state index contributed by atoms with van der Waals surface area (Å²) in [7, 11) is 1.48. The topological polar surface area (TPSA) is 59.4 Å². The van der Waals surface area contributed by atoms with Crippen molar-refractivity contribution < 1.29 is 22.7 Å². The van der Waals surface area contributed by atoms with E-state index in [9.17, 15) is 18.0 Å². The number of halogens is 3. The molecule has 33 heavy (non-hydrogen) atoms. The molecule has 6 nitrogen and oxygen atoms in total. The van der Waals surface area contributed by atoms with E-state index in [0.29, 0.717) is 17.9 Å². The number of rotatable bonds is 3. The third-order valence-electron chi connectivity index (χ3n) is 6.34. The first-order valence-corrected chi connectivity index (χ1v) is 10.8. The highest BCUT2D eigenvalue weighted by atomic mass is 19.4. The van der Waals surface area contributed by atoms with E-state index in [0.717, 1.165) is 28.8 Å². The predicted molar refractivity (Wildman–Crippen MR) is 118 cm³/mol. The van der Waals surface area contributed by atoms with Crippen LogP contribution in [0.25, 0.3) is 0 Å². The Morgan fingerprint density at radius 2 is 1.91 bits per heavy atom. The van der Waals surface area contributed by atoms with Gasteiger partial charge in [0, 0.05) is 24.2 Å². The van der Waals surface area contributed by atoms with Crippen LogP contribution in [-0.2, 0) is 6.42 Å². The van der Waals surface area contributed by atoms with Gasteiger partial charge in [0.15, 0.2) is 6.04 Å². The number of nitrogens with one attached hydrogen (secondary N) is 1. The minimum atomic E-state index is -4.53. The zero-order valence-corrected chi connectivity index (χ0v) is 18.0. The molecule has 0 aliphatic carbocycles. The molecule has 0 radical (unpaired) electrons. The number of ether oxygens (including phenoxy) is 1. The maximum atomic E-state index is 14.0. The fraction of sp³-hybridized carbons (Fsp3) is 0.333. The number of carbonyl (C=O) groups is 1. The number of nitrogens with zero attached hydrogens (tertiary/aromatic N) is 3. The van der Waals surface area contributed by atoms with Crippen LogP contribution in [0.4, 0.5) is 24.7 Å². The molecule has 0 saturated heterocycles. The molecule has 5 rings (SSSR count). The van der Waals surface area contributed by atoms with Gasteiger partial charge in [-0.1, -0.05) is 36.4 Å². The molecule has 1 N–H and O–H groups in total. The predicted octanol–water partition coefficient (Wildman–Crippen LogP) is 5.15. The van der Waals surface area contributed by atoms with E-state index >= 15 is 0 Å². The van der Waals surface area contributed by atoms with Gasteiger partial charge in [-0.25, -0.2) is 4.68 Å². The van der Waals surface area contributed by atoms with Gasteiger partial charge in [-0.2, -0.15) is 18.3 Å². The van der Waals surface area contributed by atoms with Crippen LogP contribution in [0.3, 0.4) is 0 Å². The summed E-state index contributed by atoms with van der Waals surface area (Å²) in [6.07, 6.45) is -1.91. The molecule has 2 atom stereocenters. The molecule has 1 amide bonds. The average molecular weight is 456 g/mol. The monoisotopic (exact) mass is 456 g/mol. The Morgan fingerprint density at radius 3 is 2.70 bits per heavy atom. The third kappa shape index (κ3) is 3.71.